The van der Waals surface area contributed by atoms with E-state index in [4.69, 9.17) is 26.8 Å². The number of nitrogens with zero attached hydrogens (tertiary/aromatic N) is 11. The predicted octanol–water partition coefficient (Wildman–Crippen LogP) is 18.3. The number of H-pyrrole nitrogens is 3. The number of hydrogen-bond acceptors (Lipinski definition) is 19. The second-order valence-electron chi connectivity index (χ2n) is 37.4. The van der Waals surface area contributed by atoms with E-state index in [1.807, 2.05) is 177 Å². The fourth-order valence-electron chi connectivity index (χ4n) is 16.2. The summed E-state index contributed by atoms with van der Waals surface area (Å²) in [5.41, 5.74) is 32.9. The van der Waals surface area contributed by atoms with Gasteiger partial charge in [0.2, 0.25) is 35.4 Å². The van der Waals surface area contributed by atoms with Crippen molar-refractivity contribution in [2.45, 2.75) is 261 Å². The van der Waals surface area contributed by atoms with Crippen molar-refractivity contribution in [2.75, 3.05) is 60.1 Å². The number of aromatic amines is 3. The van der Waals surface area contributed by atoms with E-state index in [-0.39, 0.29) is 80.4 Å². The summed E-state index contributed by atoms with van der Waals surface area (Å²) in [5.74, 6) is -3.52. The number of likely N-dealkylation sites (N-methyl/N-ethyl adjacent to an activating group) is 3. The molecule has 0 radical (unpaired) electrons. The van der Waals surface area contributed by atoms with Gasteiger partial charge in [0.15, 0.2) is 0 Å². The van der Waals surface area contributed by atoms with Gasteiger partial charge in [-0.25, -0.2) is 4.98 Å². The number of para-hydroxylation sites is 3. The lowest BCUT2D eigenvalue weighted by Crippen LogP contribution is -2.43. The number of fused-ring (bicyclic) bond motifs is 3. The Morgan fingerprint density at radius 3 is 0.919 bits per heavy atom. The quantitative estimate of drug-likeness (QED) is 0.0169. The van der Waals surface area contributed by atoms with Crippen LogP contribution in [0.3, 0.4) is 0 Å². The highest BCUT2D eigenvalue weighted by Gasteiger charge is 2.22. The standard InChI is InChI=1S/C26H34N4O2.C25H31N5O4.C13H18N2O3.C13H20N2O.C13H18N2.2C10H13NO2.C7H9N/c1-4-22(13-12-21-17-28-24-10-6-5-9-23(21)24)29-25(31)18-30(3)26(32)11-7-8-20-14-15-27-19(2)16-20;1-30(24(32)8-4-5-17-11-12-27-22(26)13-17)16-23(31)29-19(14-25(33)34)10-9-18-15-28-21-7-3-2-6-20(18)21;1-10-8-11(6-7-14-10)4-3-5-12(16)15(2)9-13(17)18;1-4-15(3)13(16)7-5-6-12-8-9-14-11(2)10-12;1-2-11(14)8-7-10-9-15-13-6-4-3-5-12(10)13;2*1-8-7-9(5-6-11-8)3-2-4-10(12)13;1-6-3-4-8-7(2)5-6/h5-6,9-10,14-17,22,28H,4,7-8,11-13,18H2,1-3H3,(H,29,31);2-3,6-7,11-13,15,19,28H,4-5,8-10,14,16H2,1H3,(H2,26,27)(H,29,31)(H,33,34);6-8H,3-5,9H2,1-2H3,(H,17,18);8-10H,4-7H2,1-3H3;3-6,9,11,15H,2,7-8,14H2,1H3;2*5-7H,2-4H2,1H3,(H,12,13);3-5H,1-2H3/t22-;;;;11-;;;/m0...0.../s1. The van der Waals surface area contributed by atoms with Crippen molar-refractivity contribution < 1.29 is 68.4 Å². The van der Waals surface area contributed by atoms with Gasteiger partial charge in [0.1, 0.15) is 12.4 Å². The number of carboxylic acids is 4. The Bertz CT molecular complexity index is 6220. The first-order valence-electron chi connectivity index (χ1n) is 51.4. The van der Waals surface area contributed by atoms with Crippen molar-refractivity contribution in [2.24, 2.45) is 5.73 Å². The number of aromatic nitrogens is 10. The zero-order chi connectivity index (χ0) is 109. The minimum atomic E-state index is -0.990. The highest BCUT2D eigenvalue weighted by atomic mass is 16.4. The van der Waals surface area contributed by atoms with Gasteiger partial charge in [-0.1, -0.05) is 68.4 Å². The zero-order valence-corrected chi connectivity index (χ0v) is 89.4. The Labute approximate surface area is 877 Å². The molecule has 13 rings (SSSR count). The van der Waals surface area contributed by atoms with E-state index in [0.717, 1.165) is 168 Å². The number of benzene rings is 3. The van der Waals surface area contributed by atoms with Crippen molar-refractivity contribution in [3.8, 4) is 0 Å². The van der Waals surface area contributed by atoms with Gasteiger partial charge in [-0.05, 0) is 343 Å². The van der Waals surface area contributed by atoms with Crippen molar-refractivity contribution in [3.63, 3.8) is 0 Å². The van der Waals surface area contributed by atoms with Crippen LogP contribution in [0, 0.1) is 48.5 Å². The monoisotopic (exact) mass is 2040 g/mol. The van der Waals surface area contributed by atoms with Gasteiger partial charge in [-0.2, -0.15) is 0 Å². The van der Waals surface area contributed by atoms with Crippen molar-refractivity contribution >= 4 is 97.8 Å². The normalized spacial score (nSPS) is 11.1. The van der Waals surface area contributed by atoms with Gasteiger partial charge < -0.3 is 77.1 Å². The number of carbonyl (C=O) groups excluding carboxylic acids is 6. The molecule has 0 bridgehead atoms. The number of pyridine rings is 7. The molecule has 6 amide bonds. The van der Waals surface area contributed by atoms with Gasteiger partial charge in [0.25, 0.3) is 0 Å². The summed E-state index contributed by atoms with van der Waals surface area (Å²) in [5, 5.41) is 44.2. The van der Waals surface area contributed by atoms with Gasteiger partial charge in [-0.15, -0.1) is 0 Å². The molecule has 0 aliphatic rings. The van der Waals surface area contributed by atoms with E-state index in [2.05, 4.69) is 142 Å². The molecule has 0 aliphatic carbocycles. The molecule has 13 aromatic rings. The average molecular weight is 2040 g/mol. The van der Waals surface area contributed by atoms with E-state index in [0.29, 0.717) is 82.5 Å². The molecular weight excluding hydrogens is 1880 g/mol. The molecular formula is C117H156N18O14. The smallest absolute Gasteiger partial charge is 0.323 e. The Morgan fingerprint density at radius 2 is 0.624 bits per heavy atom. The van der Waals surface area contributed by atoms with Crippen LogP contribution in [0.1, 0.15) is 226 Å². The van der Waals surface area contributed by atoms with Crippen molar-refractivity contribution in [1.29, 1.82) is 0 Å². The second-order valence-corrected chi connectivity index (χ2v) is 37.4. The van der Waals surface area contributed by atoms with Crippen LogP contribution >= 0.6 is 0 Å². The maximum atomic E-state index is 12.5. The maximum absolute atomic E-state index is 12.5. The van der Waals surface area contributed by atoms with Crippen molar-refractivity contribution in [1.82, 2.24) is 80.1 Å². The lowest BCUT2D eigenvalue weighted by atomic mass is 10.0. The number of amides is 6. The molecule has 13 N–H and O–H groups in total. The number of aliphatic carboxylic acids is 4. The third-order valence-electron chi connectivity index (χ3n) is 24.7. The van der Waals surface area contributed by atoms with Crippen LogP contribution in [0.4, 0.5) is 5.82 Å². The number of rotatable bonds is 46. The van der Waals surface area contributed by atoms with Crippen LogP contribution in [-0.2, 0) is 106 Å². The van der Waals surface area contributed by atoms with Crippen LogP contribution in [0.15, 0.2) is 220 Å². The fraction of sp³-hybridized carbons (Fsp3) is 0.410. The van der Waals surface area contributed by atoms with Crippen molar-refractivity contribution in [3.05, 3.63) is 309 Å². The molecule has 3 atom stereocenters. The van der Waals surface area contributed by atoms with E-state index in [1.165, 1.54) is 65.9 Å². The first-order valence-corrected chi connectivity index (χ1v) is 51.4. The van der Waals surface area contributed by atoms with E-state index in [9.17, 15) is 53.1 Å². The molecule has 10 heterocycles. The second kappa shape index (κ2) is 68.3. The Kier molecular flexibility index (Phi) is 56.1. The molecule has 0 saturated heterocycles. The summed E-state index contributed by atoms with van der Waals surface area (Å²) < 4.78 is 0. The average Bonchev–Trinajstić information content (AvgIpc) is 1.70. The SMILES string of the molecule is CCN(C)C(=O)CCCc1ccnc(C)c1.CC[C@@H](CCc1c[nH]c2ccccc12)NC(=O)CN(C)C(=O)CCCc1ccnc(C)c1.CC[C@H](N)CCc1c[nH]c2ccccc12.CN(CC(=O)NC(CCc1c[nH]c2ccccc12)CC(=O)O)C(=O)CCCc1ccnc(N)c1.Cc1cc(CCCC(=O)N(C)CC(=O)O)ccn1.Cc1cc(CCCC(=O)O)ccn1.Cc1cc(CCCC(=O)O)ccn1.Cc1ccnc(C)c1. The highest BCUT2D eigenvalue weighted by Crippen LogP contribution is 2.25. The number of carboxylic acid groups (broad SMARTS) is 4. The van der Waals surface area contributed by atoms with E-state index >= 15 is 0 Å². The third kappa shape index (κ3) is 50.6. The number of hydrogen-bond donors (Lipinski definition) is 11. The first kappa shape index (κ1) is 122. The Morgan fingerprint density at radius 1 is 0.329 bits per heavy atom. The molecule has 0 fully saturated rings. The summed E-state index contributed by atoms with van der Waals surface area (Å²) in [4.78, 5) is 160. The van der Waals surface area contributed by atoms with Crippen LogP contribution in [-0.4, -0.2) is 222 Å². The predicted molar refractivity (Wildman–Crippen MR) is 589 cm³/mol. The van der Waals surface area contributed by atoms with Crippen LogP contribution < -0.4 is 22.1 Å². The number of carbonyl (C=O) groups is 10. The van der Waals surface area contributed by atoms with Crippen LogP contribution in [0.2, 0.25) is 0 Å². The van der Waals surface area contributed by atoms with Gasteiger partial charge >= 0.3 is 23.9 Å². The summed E-state index contributed by atoms with van der Waals surface area (Å²) >= 11 is 0. The molecule has 3 aromatic carbocycles. The number of nitrogens with one attached hydrogen (secondary N) is 5. The number of nitrogen functional groups attached to an aromatic ring is 1. The minimum absolute atomic E-state index is 0.00207. The molecule has 10 aromatic heterocycles. The third-order valence-corrected chi connectivity index (χ3v) is 24.7. The molecule has 798 valence electrons. The Balaban J connectivity index is 0.000000270. The molecule has 32 nitrogen and oxygen atoms in total. The zero-order valence-electron chi connectivity index (χ0n) is 89.4. The molecule has 0 saturated carbocycles. The minimum Gasteiger partial charge on any atom is -0.481 e. The Hall–Kier alpha value is -15.2. The van der Waals surface area contributed by atoms with E-state index in [1.54, 1.807) is 56.0 Å². The summed E-state index contributed by atoms with van der Waals surface area (Å²) in [6.07, 6.45) is 36.7. The van der Waals surface area contributed by atoms with Gasteiger partial charge in [0.05, 0.1) is 19.5 Å². The molecule has 32 heteroatoms. The molecule has 0 aliphatic heterocycles. The summed E-state index contributed by atoms with van der Waals surface area (Å²) in [7, 11) is 6.63. The van der Waals surface area contributed by atoms with Gasteiger partial charge in [0, 0.05) is 220 Å². The maximum Gasteiger partial charge on any atom is 0.323 e. The van der Waals surface area contributed by atoms with E-state index < -0.39 is 29.9 Å². The summed E-state index contributed by atoms with van der Waals surface area (Å²) in [6.45, 7) is 20.5. The van der Waals surface area contributed by atoms with Gasteiger partial charge in [-0.3, -0.25) is 77.8 Å². The number of anilines is 1. The molecule has 0 spiro atoms. The molecule has 149 heavy (non-hydrogen) atoms. The largest absolute Gasteiger partial charge is 0.481 e. The topological polar surface area (TPSA) is 478 Å². The summed E-state index contributed by atoms with van der Waals surface area (Å²) in [6, 6.07) is 52.0. The van der Waals surface area contributed by atoms with Crippen LogP contribution in [0.25, 0.3) is 32.7 Å². The lowest BCUT2D eigenvalue weighted by molar-refractivity contribution is -0.143. The lowest BCUT2D eigenvalue weighted by Gasteiger charge is -2.21. The van der Waals surface area contributed by atoms with Crippen LogP contribution in [0.5, 0.6) is 0 Å². The highest BCUT2D eigenvalue weighted by molar-refractivity contribution is 5.88. The fourth-order valence-corrected chi connectivity index (χ4v) is 16.2. The molecule has 1 unspecified atom stereocenters. The first-order chi connectivity index (χ1) is 71.3. The number of aryl methyl sites for hydroxylation is 16. The number of nitrogens with two attached hydrogens (primary N) is 2.